The van der Waals surface area contributed by atoms with E-state index in [1.807, 2.05) is 13.8 Å². The number of amides is 1. The second-order valence-electron chi connectivity index (χ2n) is 4.35. The summed E-state index contributed by atoms with van der Waals surface area (Å²) in [5.74, 6) is 0.401. The average molecular weight is 240 g/mol. The van der Waals surface area contributed by atoms with Crippen molar-refractivity contribution >= 4 is 17.2 Å². The number of carbonyl (C=O) groups excluding carboxylic acids is 1. The van der Waals surface area contributed by atoms with Gasteiger partial charge in [-0.05, 0) is 32.6 Å². The molecule has 1 aliphatic carbocycles. The third-order valence-electron chi connectivity index (χ3n) is 2.87. The van der Waals surface area contributed by atoms with Gasteiger partial charge < -0.3 is 10.4 Å². The molecule has 16 heavy (non-hydrogen) atoms. The summed E-state index contributed by atoms with van der Waals surface area (Å²) in [5.41, 5.74) is 0.800. The third-order valence-corrected chi connectivity index (χ3v) is 3.94. The Balaban J connectivity index is 1.86. The van der Waals surface area contributed by atoms with Crippen LogP contribution in [-0.2, 0) is 0 Å². The molecule has 2 rings (SSSR count). The lowest BCUT2D eigenvalue weighted by atomic mass is 9.82. The van der Waals surface area contributed by atoms with Crippen LogP contribution in [0.4, 0.5) is 0 Å². The Morgan fingerprint density at radius 1 is 1.56 bits per heavy atom. The van der Waals surface area contributed by atoms with Crippen LogP contribution in [0.1, 0.15) is 33.2 Å². The molecule has 2 N–H and O–H groups in total. The summed E-state index contributed by atoms with van der Waals surface area (Å²) in [4.78, 5) is 16.7. The number of carbonyl (C=O) groups is 1. The summed E-state index contributed by atoms with van der Waals surface area (Å²) < 4.78 is 0. The monoisotopic (exact) mass is 240 g/mol. The summed E-state index contributed by atoms with van der Waals surface area (Å²) in [6, 6.07) is 0. The fraction of sp³-hybridized carbons (Fsp3) is 0.636. The van der Waals surface area contributed by atoms with E-state index in [-0.39, 0.29) is 12.0 Å². The number of thiazole rings is 1. The van der Waals surface area contributed by atoms with E-state index in [4.69, 9.17) is 5.11 Å². The third kappa shape index (κ3) is 2.41. The van der Waals surface area contributed by atoms with Crippen molar-refractivity contribution < 1.29 is 9.90 Å². The molecule has 1 heterocycles. The lowest BCUT2D eigenvalue weighted by Gasteiger charge is -2.31. The number of rotatable bonds is 3. The molecular formula is C11H16N2O2S. The zero-order valence-electron chi connectivity index (χ0n) is 9.49. The molecule has 1 amide bonds. The van der Waals surface area contributed by atoms with Crippen molar-refractivity contribution in [2.75, 3.05) is 6.54 Å². The van der Waals surface area contributed by atoms with Crippen LogP contribution in [0.3, 0.4) is 0 Å². The van der Waals surface area contributed by atoms with Crippen LogP contribution in [0.25, 0.3) is 0 Å². The fourth-order valence-electron chi connectivity index (χ4n) is 1.93. The van der Waals surface area contributed by atoms with Crippen LogP contribution in [0, 0.1) is 19.8 Å². The van der Waals surface area contributed by atoms with E-state index in [9.17, 15) is 4.79 Å². The van der Waals surface area contributed by atoms with Crippen LogP contribution in [0.5, 0.6) is 0 Å². The van der Waals surface area contributed by atoms with Crippen molar-refractivity contribution in [3.63, 3.8) is 0 Å². The van der Waals surface area contributed by atoms with Crippen LogP contribution in [0.2, 0.25) is 0 Å². The maximum absolute atomic E-state index is 11.8. The van der Waals surface area contributed by atoms with E-state index in [0.29, 0.717) is 17.3 Å². The summed E-state index contributed by atoms with van der Waals surface area (Å²) in [7, 11) is 0. The Morgan fingerprint density at radius 2 is 2.25 bits per heavy atom. The first-order valence-electron chi connectivity index (χ1n) is 5.46. The number of aliphatic hydroxyl groups is 1. The molecule has 0 spiro atoms. The summed E-state index contributed by atoms with van der Waals surface area (Å²) in [6.45, 7) is 4.41. The number of aryl methyl sites for hydroxylation is 2. The van der Waals surface area contributed by atoms with Crippen molar-refractivity contribution in [1.29, 1.82) is 0 Å². The van der Waals surface area contributed by atoms with Crippen molar-refractivity contribution in [3.05, 3.63) is 15.6 Å². The highest BCUT2D eigenvalue weighted by Crippen LogP contribution is 2.26. The first-order chi connectivity index (χ1) is 7.56. The Hall–Kier alpha value is -0.940. The van der Waals surface area contributed by atoms with Gasteiger partial charge in [0.1, 0.15) is 4.88 Å². The normalized spacial score (nSPS) is 23.9. The highest BCUT2D eigenvalue weighted by molar-refractivity contribution is 7.13. The minimum Gasteiger partial charge on any atom is -0.393 e. The first-order valence-corrected chi connectivity index (χ1v) is 6.28. The number of hydrogen-bond acceptors (Lipinski definition) is 4. The standard InChI is InChI=1S/C11H16N2O2S/c1-6-10(16-7(2)13-6)11(15)12-5-8-3-9(14)4-8/h8-9,14H,3-5H2,1-2H3,(H,12,15). The maximum atomic E-state index is 11.8. The zero-order valence-corrected chi connectivity index (χ0v) is 10.3. The quantitative estimate of drug-likeness (QED) is 0.836. The molecule has 1 aromatic rings. The predicted octanol–water partition coefficient (Wildman–Crippen LogP) is 1.26. The lowest BCUT2D eigenvalue weighted by molar-refractivity contribution is 0.0420. The van der Waals surface area contributed by atoms with Crippen LogP contribution < -0.4 is 5.32 Å². The summed E-state index contributed by atoms with van der Waals surface area (Å²) in [5, 5.41) is 12.9. The SMILES string of the molecule is Cc1nc(C)c(C(=O)NCC2CC(O)C2)s1. The summed E-state index contributed by atoms with van der Waals surface area (Å²) >= 11 is 1.43. The van der Waals surface area contributed by atoms with Gasteiger partial charge in [-0.3, -0.25) is 4.79 Å². The van der Waals surface area contributed by atoms with E-state index >= 15 is 0 Å². The topological polar surface area (TPSA) is 62.2 Å². The van der Waals surface area contributed by atoms with Gasteiger partial charge in [-0.15, -0.1) is 11.3 Å². The van der Waals surface area contributed by atoms with Gasteiger partial charge in [-0.25, -0.2) is 4.98 Å². The van der Waals surface area contributed by atoms with E-state index in [1.54, 1.807) is 0 Å². The van der Waals surface area contributed by atoms with Crippen molar-refractivity contribution in [1.82, 2.24) is 10.3 Å². The minimum absolute atomic E-state index is 0.0375. The molecule has 0 radical (unpaired) electrons. The van der Waals surface area contributed by atoms with Crippen molar-refractivity contribution in [3.8, 4) is 0 Å². The Labute approximate surface area is 98.7 Å². The molecule has 0 saturated heterocycles. The number of aromatic nitrogens is 1. The molecule has 0 aromatic carbocycles. The molecule has 4 nitrogen and oxygen atoms in total. The van der Waals surface area contributed by atoms with Gasteiger partial charge in [0.2, 0.25) is 0 Å². The zero-order chi connectivity index (χ0) is 11.7. The van der Waals surface area contributed by atoms with Gasteiger partial charge in [-0.1, -0.05) is 0 Å². The van der Waals surface area contributed by atoms with Gasteiger partial charge in [0.15, 0.2) is 0 Å². The molecular weight excluding hydrogens is 224 g/mol. The van der Waals surface area contributed by atoms with Gasteiger partial charge in [0.05, 0.1) is 16.8 Å². The molecule has 0 atom stereocenters. The van der Waals surface area contributed by atoms with Crippen LogP contribution >= 0.6 is 11.3 Å². The largest absolute Gasteiger partial charge is 0.393 e. The number of nitrogens with one attached hydrogen (secondary N) is 1. The molecule has 1 aromatic heterocycles. The Kier molecular flexibility index (Phi) is 3.25. The highest BCUT2D eigenvalue weighted by atomic mass is 32.1. The number of aliphatic hydroxyl groups excluding tert-OH is 1. The molecule has 0 aliphatic heterocycles. The van der Waals surface area contributed by atoms with Crippen LogP contribution in [-0.4, -0.2) is 28.6 Å². The molecule has 0 unspecified atom stereocenters. The second-order valence-corrected chi connectivity index (χ2v) is 5.55. The Bertz CT molecular complexity index is 397. The van der Waals surface area contributed by atoms with Crippen molar-refractivity contribution in [2.45, 2.75) is 32.8 Å². The van der Waals surface area contributed by atoms with E-state index in [1.165, 1.54) is 11.3 Å². The van der Waals surface area contributed by atoms with E-state index in [2.05, 4.69) is 10.3 Å². The highest BCUT2D eigenvalue weighted by Gasteiger charge is 2.27. The number of nitrogens with zero attached hydrogens (tertiary/aromatic N) is 1. The number of hydrogen-bond donors (Lipinski definition) is 2. The fourth-order valence-corrected chi connectivity index (χ4v) is 2.76. The Morgan fingerprint density at radius 3 is 2.75 bits per heavy atom. The maximum Gasteiger partial charge on any atom is 0.263 e. The van der Waals surface area contributed by atoms with E-state index in [0.717, 1.165) is 23.5 Å². The first kappa shape index (κ1) is 11.5. The molecule has 88 valence electrons. The van der Waals surface area contributed by atoms with E-state index < -0.39 is 0 Å². The molecule has 0 bridgehead atoms. The van der Waals surface area contributed by atoms with Gasteiger partial charge in [0.25, 0.3) is 5.91 Å². The molecule has 1 aliphatic rings. The summed E-state index contributed by atoms with van der Waals surface area (Å²) in [6.07, 6.45) is 1.45. The predicted molar refractivity (Wildman–Crippen MR) is 62.7 cm³/mol. The molecule has 1 saturated carbocycles. The smallest absolute Gasteiger partial charge is 0.263 e. The lowest BCUT2D eigenvalue weighted by Crippen LogP contribution is -2.38. The van der Waals surface area contributed by atoms with Gasteiger partial charge in [-0.2, -0.15) is 0 Å². The second kappa shape index (κ2) is 4.51. The molecule has 5 heteroatoms. The average Bonchev–Trinajstić information content (AvgIpc) is 2.50. The minimum atomic E-state index is -0.158. The molecule has 1 fully saturated rings. The van der Waals surface area contributed by atoms with Gasteiger partial charge >= 0.3 is 0 Å². The van der Waals surface area contributed by atoms with Crippen molar-refractivity contribution in [2.24, 2.45) is 5.92 Å². The van der Waals surface area contributed by atoms with Crippen LogP contribution in [0.15, 0.2) is 0 Å². The van der Waals surface area contributed by atoms with Gasteiger partial charge in [0, 0.05) is 6.54 Å².